The Hall–Kier alpha value is -1.00. The largest absolute Gasteiger partial charge is 0.388 e. The molecule has 2 nitrogen and oxygen atoms in total. The van der Waals surface area contributed by atoms with Gasteiger partial charge in [0.2, 0.25) is 0 Å². The molecule has 0 bridgehead atoms. The van der Waals surface area contributed by atoms with E-state index in [0.29, 0.717) is 12.0 Å². The minimum absolute atomic E-state index is 0.150. The van der Waals surface area contributed by atoms with Crippen molar-refractivity contribution in [2.45, 2.75) is 44.3 Å². The Balaban J connectivity index is 2.18. The van der Waals surface area contributed by atoms with E-state index in [0.717, 1.165) is 25.3 Å². The van der Waals surface area contributed by atoms with Crippen molar-refractivity contribution >= 4 is 0 Å². The second kappa shape index (κ2) is 4.94. The minimum Gasteiger partial charge on any atom is -0.388 e. The van der Waals surface area contributed by atoms with Gasteiger partial charge >= 0.3 is 0 Å². The molecule has 1 fully saturated rings. The monoisotopic (exact) mass is 256 g/mol. The van der Waals surface area contributed by atoms with Crippen molar-refractivity contribution in [3.05, 3.63) is 34.9 Å². The zero-order valence-electron chi connectivity index (χ0n) is 10.7. The maximum Gasteiger partial charge on any atom is 0.131 e. The molecule has 100 valence electrons. The molecule has 1 aromatic rings. The van der Waals surface area contributed by atoms with Crippen molar-refractivity contribution in [3.63, 3.8) is 0 Å². The van der Waals surface area contributed by atoms with E-state index in [-0.39, 0.29) is 11.2 Å². The molecule has 0 radical (unpaired) electrons. The second-order valence-corrected chi connectivity index (χ2v) is 5.08. The van der Waals surface area contributed by atoms with Gasteiger partial charge in [-0.15, -0.1) is 0 Å². The Bertz CT molecular complexity index is 436. The summed E-state index contributed by atoms with van der Waals surface area (Å²) in [6, 6.07) is 2.20. The van der Waals surface area contributed by atoms with E-state index in [4.69, 9.17) is 4.74 Å². The van der Waals surface area contributed by atoms with E-state index in [1.165, 1.54) is 6.07 Å². The van der Waals surface area contributed by atoms with Crippen molar-refractivity contribution in [1.29, 1.82) is 0 Å². The number of aliphatic hydroxyl groups excluding tert-OH is 1. The van der Waals surface area contributed by atoms with Gasteiger partial charge in [-0.1, -0.05) is 0 Å². The topological polar surface area (TPSA) is 29.5 Å². The second-order valence-electron chi connectivity index (χ2n) is 5.08. The van der Waals surface area contributed by atoms with E-state index < -0.39 is 17.7 Å². The SMILES string of the molecule is COC1(CC(O)c2cc(C)c(F)cc2F)CCC1. The van der Waals surface area contributed by atoms with Gasteiger partial charge in [-0.25, -0.2) is 8.78 Å². The highest BCUT2D eigenvalue weighted by atomic mass is 19.1. The zero-order valence-corrected chi connectivity index (χ0v) is 10.7. The van der Waals surface area contributed by atoms with Crippen LogP contribution in [-0.4, -0.2) is 17.8 Å². The molecule has 1 aromatic carbocycles. The molecule has 0 saturated heterocycles. The van der Waals surface area contributed by atoms with Crippen molar-refractivity contribution < 1.29 is 18.6 Å². The molecule has 18 heavy (non-hydrogen) atoms. The molecule has 0 spiro atoms. The molecule has 4 heteroatoms. The molecule has 1 aliphatic carbocycles. The fourth-order valence-corrected chi connectivity index (χ4v) is 2.46. The fraction of sp³-hybridized carbons (Fsp3) is 0.571. The number of halogens is 2. The number of benzene rings is 1. The highest BCUT2D eigenvalue weighted by molar-refractivity contribution is 5.27. The van der Waals surface area contributed by atoms with Gasteiger partial charge in [0.25, 0.3) is 0 Å². The minimum atomic E-state index is -0.954. The van der Waals surface area contributed by atoms with Crippen LogP contribution >= 0.6 is 0 Å². The van der Waals surface area contributed by atoms with E-state index >= 15 is 0 Å². The molecule has 0 aromatic heterocycles. The highest BCUT2D eigenvalue weighted by Crippen LogP contribution is 2.42. The average Bonchev–Trinajstić information content (AvgIpc) is 2.28. The van der Waals surface area contributed by atoms with Crippen molar-refractivity contribution in [2.75, 3.05) is 7.11 Å². The molecule has 0 heterocycles. The van der Waals surface area contributed by atoms with Crippen LogP contribution in [0.15, 0.2) is 12.1 Å². The number of methoxy groups -OCH3 is 1. The third kappa shape index (κ3) is 2.40. The lowest BCUT2D eigenvalue weighted by Gasteiger charge is -2.41. The van der Waals surface area contributed by atoms with Crippen LogP contribution in [0.25, 0.3) is 0 Å². The normalized spacial score (nSPS) is 19.4. The van der Waals surface area contributed by atoms with Crippen LogP contribution in [0.5, 0.6) is 0 Å². The van der Waals surface area contributed by atoms with Gasteiger partial charge in [0.05, 0.1) is 11.7 Å². The summed E-state index contributed by atoms with van der Waals surface area (Å²) in [7, 11) is 1.61. The molecule has 2 rings (SSSR count). The van der Waals surface area contributed by atoms with Gasteiger partial charge in [-0.3, -0.25) is 0 Å². The third-order valence-corrected chi connectivity index (χ3v) is 3.90. The molecule has 1 N–H and O–H groups in total. The van der Waals surface area contributed by atoms with E-state index in [1.54, 1.807) is 14.0 Å². The van der Waals surface area contributed by atoms with Gasteiger partial charge in [0, 0.05) is 25.2 Å². The number of hydrogen-bond acceptors (Lipinski definition) is 2. The van der Waals surface area contributed by atoms with Crippen molar-refractivity contribution in [3.8, 4) is 0 Å². The van der Waals surface area contributed by atoms with Crippen molar-refractivity contribution in [1.82, 2.24) is 0 Å². The lowest BCUT2D eigenvalue weighted by Crippen LogP contribution is -2.40. The van der Waals surface area contributed by atoms with E-state index in [1.807, 2.05) is 0 Å². The highest BCUT2D eigenvalue weighted by Gasteiger charge is 2.39. The molecule has 1 atom stereocenters. The summed E-state index contributed by atoms with van der Waals surface area (Å²) in [4.78, 5) is 0. The molecular weight excluding hydrogens is 238 g/mol. The average molecular weight is 256 g/mol. The summed E-state index contributed by atoms with van der Waals surface area (Å²) in [6.45, 7) is 1.56. The Morgan fingerprint density at radius 3 is 2.50 bits per heavy atom. The first-order chi connectivity index (χ1) is 8.47. The predicted molar refractivity (Wildman–Crippen MR) is 64.3 cm³/mol. The summed E-state index contributed by atoms with van der Waals surface area (Å²) in [5.74, 6) is -1.29. The Labute approximate surface area is 106 Å². The molecule has 1 saturated carbocycles. The maximum absolute atomic E-state index is 13.6. The van der Waals surface area contributed by atoms with Gasteiger partial charge < -0.3 is 9.84 Å². The summed E-state index contributed by atoms with van der Waals surface area (Å²) < 4.78 is 32.2. The number of aliphatic hydroxyl groups is 1. The smallest absolute Gasteiger partial charge is 0.131 e. The summed E-state index contributed by atoms with van der Waals surface area (Å²) in [5.41, 5.74) is 0.150. The standard InChI is InChI=1S/C14H18F2O2/c1-9-6-10(12(16)7-11(9)15)13(17)8-14(18-2)4-3-5-14/h6-7,13,17H,3-5,8H2,1-2H3. The first-order valence-corrected chi connectivity index (χ1v) is 6.16. The molecule has 0 amide bonds. The fourth-order valence-electron chi connectivity index (χ4n) is 2.46. The Kier molecular flexibility index (Phi) is 3.69. The van der Waals surface area contributed by atoms with Gasteiger partial charge in [0.15, 0.2) is 0 Å². The van der Waals surface area contributed by atoms with E-state index in [2.05, 4.69) is 0 Å². The quantitative estimate of drug-likeness (QED) is 0.896. The number of ether oxygens (including phenoxy) is 1. The summed E-state index contributed by atoms with van der Waals surface area (Å²) in [5, 5.41) is 10.1. The molecule has 1 unspecified atom stereocenters. The Morgan fingerprint density at radius 1 is 1.33 bits per heavy atom. The summed E-state index contributed by atoms with van der Waals surface area (Å²) >= 11 is 0. The maximum atomic E-state index is 13.6. The van der Waals surface area contributed by atoms with Crippen LogP contribution in [0.4, 0.5) is 8.78 Å². The Morgan fingerprint density at radius 2 is 2.00 bits per heavy atom. The number of hydrogen-bond donors (Lipinski definition) is 1. The molecule has 1 aliphatic rings. The van der Waals surface area contributed by atoms with Crippen LogP contribution in [0.3, 0.4) is 0 Å². The van der Waals surface area contributed by atoms with Gasteiger partial charge in [-0.2, -0.15) is 0 Å². The number of aryl methyl sites for hydroxylation is 1. The third-order valence-electron chi connectivity index (χ3n) is 3.90. The van der Waals surface area contributed by atoms with Crippen LogP contribution in [-0.2, 0) is 4.74 Å². The van der Waals surface area contributed by atoms with E-state index in [9.17, 15) is 13.9 Å². The lowest BCUT2D eigenvalue weighted by molar-refractivity contribution is -0.100. The molecule has 0 aliphatic heterocycles. The van der Waals surface area contributed by atoms with Crippen LogP contribution in [0, 0.1) is 18.6 Å². The van der Waals surface area contributed by atoms with Crippen LogP contribution < -0.4 is 0 Å². The van der Waals surface area contributed by atoms with Crippen molar-refractivity contribution in [2.24, 2.45) is 0 Å². The first-order valence-electron chi connectivity index (χ1n) is 6.16. The summed E-state index contributed by atoms with van der Waals surface area (Å²) in [6.07, 6.45) is 2.21. The predicted octanol–water partition coefficient (Wildman–Crippen LogP) is 3.27. The zero-order chi connectivity index (χ0) is 13.3. The van der Waals surface area contributed by atoms with Crippen LogP contribution in [0.2, 0.25) is 0 Å². The van der Waals surface area contributed by atoms with Crippen LogP contribution in [0.1, 0.15) is 42.9 Å². The molecular formula is C14H18F2O2. The first kappa shape index (κ1) is 13.4. The van der Waals surface area contributed by atoms with Gasteiger partial charge in [-0.05, 0) is 37.8 Å². The lowest BCUT2D eigenvalue weighted by atomic mass is 9.75. The number of rotatable bonds is 4. The van der Waals surface area contributed by atoms with Gasteiger partial charge in [0.1, 0.15) is 11.6 Å².